The van der Waals surface area contributed by atoms with Gasteiger partial charge in [-0.3, -0.25) is 9.59 Å². The molecule has 0 saturated heterocycles. The van der Waals surface area contributed by atoms with E-state index in [1.54, 1.807) is 0 Å². The Bertz CT molecular complexity index is 290. The highest BCUT2D eigenvalue weighted by Crippen LogP contribution is 2.10. The highest BCUT2D eigenvalue weighted by Gasteiger charge is 2.14. The van der Waals surface area contributed by atoms with Crippen LogP contribution in [0.4, 0.5) is 0 Å². The molecule has 0 bridgehead atoms. The van der Waals surface area contributed by atoms with E-state index < -0.39 is 5.97 Å². The van der Waals surface area contributed by atoms with Crippen LogP contribution in [0.2, 0.25) is 0 Å². The van der Waals surface area contributed by atoms with Crippen LogP contribution < -0.4 is 0 Å². The normalized spacial score (nSPS) is 13.6. The van der Waals surface area contributed by atoms with Gasteiger partial charge in [-0.2, -0.15) is 0 Å². The van der Waals surface area contributed by atoms with Gasteiger partial charge in [-0.1, -0.05) is 26.8 Å². The van der Waals surface area contributed by atoms with Crippen LogP contribution in [0.25, 0.3) is 0 Å². The fourth-order valence-electron chi connectivity index (χ4n) is 1.52. The van der Waals surface area contributed by atoms with Crippen LogP contribution in [0.3, 0.4) is 0 Å². The van der Waals surface area contributed by atoms with Gasteiger partial charge < -0.3 is 4.74 Å². The van der Waals surface area contributed by atoms with Crippen molar-refractivity contribution in [1.29, 1.82) is 0 Å². The molecule has 17 heavy (non-hydrogen) atoms. The molecule has 0 heterocycles. The Morgan fingerprint density at radius 1 is 1.24 bits per heavy atom. The summed E-state index contributed by atoms with van der Waals surface area (Å²) in [5, 5.41) is 0. The van der Waals surface area contributed by atoms with Gasteiger partial charge in [-0.15, -0.1) is 0 Å². The molecule has 0 aromatic rings. The molecule has 98 valence electrons. The van der Waals surface area contributed by atoms with Crippen LogP contribution >= 0.6 is 0 Å². The first kappa shape index (κ1) is 15.9. The van der Waals surface area contributed by atoms with E-state index in [-0.39, 0.29) is 18.3 Å². The second-order valence-corrected chi connectivity index (χ2v) is 4.75. The molecule has 0 aromatic heterocycles. The largest absolute Gasteiger partial charge is 0.458 e. The Morgan fingerprint density at radius 2 is 1.82 bits per heavy atom. The van der Waals surface area contributed by atoms with Gasteiger partial charge in [0.05, 0.1) is 0 Å². The summed E-state index contributed by atoms with van der Waals surface area (Å²) in [5.41, 5.74) is 1.02. The molecule has 0 amide bonds. The van der Waals surface area contributed by atoms with Gasteiger partial charge in [0.25, 0.3) is 0 Å². The lowest BCUT2D eigenvalue weighted by Crippen LogP contribution is -2.19. The lowest BCUT2D eigenvalue weighted by molar-refractivity contribution is -0.148. The lowest BCUT2D eigenvalue weighted by atomic mass is 10.1. The maximum Gasteiger partial charge on any atom is 0.313 e. The molecule has 1 atom stereocenters. The average Bonchev–Trinajstić information content (AvgIpc) is 2.16. The third-order valence-electron chi connectivity index (χ3n) is 2.42. The van der Waals surface area contributed by atoms with E-state index in [0.29, 0.717) is 12.3 Å². The first-order valence-corrected chi connectivity index (χ1v) is 6.26. The van der Waals surface area contributed by atoms with E-state index in [4.69, 9.17) is 4.74 Å². The SMILES string of the molecule is CCCC(=O)CC(=O)OC(C)/C(C)=C/C(C)C. The molecule has 0 radical (unpaired) electrons. The summed E-state index contributed by atoms with van der Waals surface area (Å²) in [6, 6.07) is 0. The summed E-state index contributed by atoms with van der Waals surface area (Å²) in [5.74, 6) is -0.0412. The number of ketones is 1. The molecule has 0 saturated carbocycles. The molecule has 1 unspecified atom stereocenters. The quantitative estimate of drug-likeness (QED) is 0.389. The van der Waals surface area contributed by atoms with Crippen LogP contribution in [0.15, 0.2) is 11.6 Å². The van der Waals surface area contributed by atoms with Crippen molar-refractivity contribution in [2.75, 3.05) is 0 Å². The van der Waals surface area contributed by atoms with Crippen molar-refractivity contribution >= 4 is 11.8 Å². The predicted octanol–water partition coefficient (Wildman–Crippen LogP) is 3.28. The monoisotopic (exact) mass is 240 g/mol. The second-order valence-electron chi connectivity index (χ2n) is 4.75. The standard InChI is InChI=1S/C14H24O3/c1-6-7-13(15)9-14(16)17-12(5)11(4)8-10(2)3/h8,10,12H,6-7,9H2,1-5H3/b11-8+. The minimum absolute atomic E-state index is 0.0461. The summed E-state index contributed by atoms with van der Waals surface area (Å²) < 4.78 is 5.20. The van der Waals surface area contributed by atoms with Gasteiger partial charge in [0.15, 0.2) is 0 Å². The first-order chi connectivity index (χ1) is 7.86. The number of hydrogen-bond acceptors (Lipinski definition) is 3. The van der Waals surface area contributed by atoms with E-state index in [0.717, 1.165) is 12.0 Å². The van der Waals surface area contributed by atoms with E-state index in [2.05, 4.69) is 19.9 Å². The van der Waals surface area contributed by atoms with Crippen LogP contribution in [-0.2, 0) is 14.3 Å². The summed E-state index contributed by atoms with van der Waals surface area (Å²) >= 11 is 0. The van der Waals surface area contributed by atoms with Crippen LogP contribution in [0.1, 0.15) is 53.9 Å². The molecule has 0 spiro atoms. The van der Waals surface area contributed by atoms with Crippen molar-refractivity contribution < 1.29 is 14.3 Å². The van der Waals surface area contributed by atoms with Gasteiger partial charge in [-0.05, 0) is 31.8 Å². The van der Waals surface area contributed by atoms with Crippen molar-refractivity contribution in [3.8, 4) is 0 Å². The number of ether oxygens (including phenoxy) is 1. The Morgan fingerprint density at radius 3 is 2.29 bits per heavy atom. The third-order valence-corrected chi connectivity index (χ3v) is 2.42. The lowest BCUT2D eigenvalue weighted by Gasteiger charge is -2.14. The fourth-order valence-corrected chi connectivity index (χ4v) is 1.52. The molecule has 0 aliphatic heterocycles. The van der Waals surface area contributed by atoms with E-state index in [9.17, 15) is 9.59 Å². The second kappa shape index (κ2) is 8.04. The Hall–Kier alpha value is -1.12. The molecular weight excluding hydrogens is 216 g/mol. The van der Waals surface area contributed by atoms with Gasteiger partial charge in [0.1, 0.15) is 18.3 Å². The highest BCUT2D eigenvalue weighted by molar-refractivity contribution is 5.95. The first-order valence-electron chi connectivity index (χ1n) is 6.26. The third kappa shape index (κ3) is 7.72. The smallest absolute Gasteiger partial charge is 0.313 e. The van der Waals surface area contributed by atoms with Crippen molar-refractivity contribution in [3.05, 3.63) is 11.6 Å². The summed E-state index contributed by atoms with van der Waals surface area (Å²) in [7, 11) is 0. The average molecular weight is 240 g/mol. The predicted molar refractivity (Wildman–Crippen MR) is 68.7 cm³/mol. The van der Waals surface area contributed by atoms with Crippen LogP contribution in [0, 0.1) is 5.92 Å². The molecule has 0 fully saturated rings. The highest BCUT2D eigenvalue weighted by atomic mass is 16.5. The summed E-state index contributed by atoms with van der Waals surface area (Å²) in [6.07, 6.45) is 2.93. The maximum atomic E-state index is 11.5. The number of allylic oxidation sites excluding steroid dienone is 1. The molecule has 0 aromatic carbocycles. The zero-order valence-electron chi connectivity index (χ0n) is 11.6. The van der Waals surface area contributed by atoms with E-state index in [1.165, 1.54) is 0 Å². The molecule has 0 rings (SSSR count). The van der Waals surface area contributed by atoms with Crippen molar-refractivity contribution in [2.24, 2.45) is 5.92 Å². The number of rotatable bonds is 7. The van der Waals surface area contributed by atoms with Gasteiger partial charge >= 0.3 is 5.97 Å². The number of Topliss-reactive ketones (excluding diaryl/α,β-unsaturated/α-hetero) is 1. The van der Waals surface area contributed by atoms with E-state index >= 15 is 0 Å². The zero-order valence-corrected chi connectivity index (χ0v) is 11.6. The molecule has 3 heteroatoms. The maximum absolute atomic E-state index is 11.5. The van der Waals surface area contributed by atoms with Crippen LogP contribution in [-0.4, -0.2) is 17.9 Å². The Balaban J connectivity index is 4.16. The van der Waals surface area contributed by atoms with Crippen LogP contribution in [0.5, 0.6) is 0 Å². The Labute approximate surface area is 104 Å². The molecule has 3 nitrogen and oxygen atoms in total. The van der Waals surface area contributed by atoms with Crippen molar-refractivity contribution in [3.63, 3.8) is 0 Å². The molecule has 0 aliphatic carbocycles. The zero-order chi connectivity index (χ0) is 13.4. The van der Waals surface area contributed by atoms with Gasteiger partial charge in [0.2, 0.25) is 0 Å². The minimum atomic E-state index is -0.424. The van der Waals surface area contributed by atoms with Gasteiger partial charge in [0, 0.05) is 6.42 Å². The van der Waals surface area contributed by atoms with E-state index in [1.807, 2.05) is 20.8 Å². The number of carbonyl (C=O) groups excluding carboxylic acids is 2. The molecule has 0 aliphatic rings. The molecule has 0 N–H and O–H groups in total. The summed E-state index contributed by atoms with van der Waals surface area (Å²) in [6.45, 7) is 9.83. The van der Waals surface area contributed by atoms with Crippen molar-refractivity contribution in [2.45, 2.75) is 60.0 Å². The Kier molecular flexibility index (Phi) is 7.51. The number of hydrogen-bond donors (Lipinski definition) is 0. The number of esters is 1. The summed E-state index contributed by atoms with van der Waals surface area (Å²) in [4.78, 5) is 22.7. The topological polar surface area (TPSA) is 43.4 Å². The number of carbonyl (C=O) groups is 2. The minimum Gasteiger partial charge on any atom is -0.458 e. The fraction of sp³-hybridized carbons (Fsp3) is 0.714. The molecular formula is C14H24O3. The van der Waals surface area contributed by atoms with Crippen molar-refractivity contribution in [1.82, 2.24) is 0 Å². The van der Waals surface area contributed by atoms with Gasteiger partial charge in [-0.25, -0.2) is 0 Å².